The van der Waals surface area contributed by atoms with Crippen molar-refractivity contribution in [3.05, 3.63) is 88.3 Å². The number of hydrogen-bond acceptors (Lipinski definition) is 6. The van der Waals surface area contributed by atoms with E-state index < -0.39 is 5.97 Å². The third-order valence-corrected chi connectivity index (χ3v) is 9.66. The molecular weight excluding hydrogens is 540 g/mol. The number of ether oxygens (including phenoxy) is 1. The predicted octanol–water partition coefficient (Wildman–Crippen LogP) is 7.72. The van der Waals surface area contributed by atoms with Crippen LogP contribution in [0.5, 0.6) is 0 Å². The van der Waals surface area contributed by atoms with E-state index in [9.17, 15) is 14.4 Å². The number of methoxy groups -OCH3 is 1. The van der Waals surface area contributed by atoms with E-state index in [0.29, 0.717) is 28.2 Å². The summed E-state index contributed by atoms with van der Waals surface area (Å²) in [5, 5.41) is 8.32. The van der Waals surface area contributed by atoms with E-state index in [-0.39, 0.29) is 17.1 Å². The zero-order valence-electron chi connectivity index (χ0n) is 22.6. The second kappa shape index (κ2) is 12.7. The van der Waals surface area contributed by atoms with E-state index in [1.54, 1.807) is 0 Å². The average molecular weight is 573 g/mol. The number of thiophene rings is 1. The molecule has 3 aromatic carbocycles. The Balaban J connectivity index is 1.29. The van der Waals surface area contributed by atoms with Crippen molar-refractivity contribution in [3.8, 4) is 0 Å². The zero-order chi connectivity index (χ0) is 28.1. The number of carbonyl (C=O) groups excluding carboxylic acids is 3. The van der Waals surface area contributed by atoms with Crippen LogP contribution in [-0.2, 0) is 22.4 Å². The highest BCUT2D eigenvalue weighted by molar-refractivity contribution is 8.00. The Labute approximate surface area is 242 Å². The number of anilines is 2. The number of aryl methyl sites for hydroxylation is 1. The Morgan fingerprint density at radius 2 is 1.73 bits per heavy atom. The van der Waals surface area contributed by atoms with Gasteiger partial charge in [0.1, 0.15) is 5.00 Å². The fourth-order valence-corrected chi connectivity index (χ4v) is 7.30. The van der Waals surface area contributed by atoms with Gasteiger partial charge in [-0.15, -0.1) is 23.1 Å². The molecular formula is C32H32N2O4S2. The first-order valence-electron chi connectivity index (χ1n) is 13.6. The molecule has 0 fully saturated rings. The molecule has 1 aromatic heterocycles. The quantitative estimate of drug-likeness (QED) is 0.128. The van der Waals surface area contributed by atoms with Gasteiger partial charge in [-0.3, -0.25) is 9.59 Å². The number of carbonyl (C=O) groups is 3. The Bertz CT molecular complexity index is 1560. The van der Waals surface area contributed by atoms with Gasteiger partial charge in [0.25, 0.3) is 5.91 Å². The van der Waals surface area contributed by atoms with E-state index in [0.717, 1.165) is 53.3 Å². The molecule has 40 heavy (non-hydrogen) atoms. The van der Waals surface area contributed by atoms with E-state index in [2.05, 4.69) is 10.6 Å². The van der Waals surface area contributed by atoms with Crippen LogP contribution >= 0.6 is 23.1 Å². The molecule has 1 atom stereocenters. The van der Waals surface area contributed by atoms with E-state index in [1.807, 2.05) is 73.7 Å². The highest BCUT2D eigenvalue weighted by Crippen LogP contribution is 2.39. The van der Waals surface area contributed by atoms with Crippen molar-refractivity contribution in [1.82, 2.24) is 0 Å². The lowest BCUT2D eigenvalue weighted by atomic mass is 10.1. The molecule has 4 aromatic rings. The van der Waals surface area contributed by atoms with Crippen molar-refractivity contribution in [2.75, 3.05) is 17.7 Å². The molecule has 1 heterocycles. The molecule has 0 aliphatic heterocycles. The molecule has 0 saturated carbocycles. The van der Waals surface area contributed by atoms with Crippen LogP contribution in [0.25, 0.3) is 10.8 Å². The number of thioether (sulfide) groups is 1. The topological polar surface area (TPSA) is 84.5 Å². The summed E-state index contributed by atoms with van der Waals surface area (Å²) >= 11 is 2.94. The number of rotatable bonds is 8. The first-order valence-corrected chi connectivity index (χ1v) is 15.3. The molecule has 206 valence electrons. The number of esters is 1. The first kappa shape index (κ1) is 27.9. The van der Waals surface area contributed by atoms with Crippen LogP contribution in [0, 0.1) is 0 Å². The Morgan fingerprint density at radius 3 is 2.52 bits per heavy atom. The third kappa shape index (κ3) is 6.24. The van der Waals surface area contributed by atoms with Gasteiger partial charge >= 0.3 is 5.97 Å². The van der Waals surface area contributed by atoms with E-state index in [4.69, 9.17) is 4.74 Å². The molecule has 0 bridgehead atoms. The van der Waals surface area contributed by atoms with Crippen LogP contribution in [0.4, 0.5) is 10.7 Å². The van der Waals surface area contributed by atoms with Crippen molar-refractivity contribution < 1.29 is 19.1 Å². The summed E-state index contributed by atoms with van der Waals surface area (Å²) in [7, 11) is 1.38. The fourth-order valence-electron chi connectivity index (χ4n) is 5.01. The lowest BCUT2D eigenvalue weighted by Crippen LogP contribution is -2.25. The standard InChI is InChI=1S/C32H32N2O4S2/c1-3-26(30(36)34-31-28(32(37)38-2)25-14-5-4-6-15-27(25)40-31)39-24-13-9-12-23(19-24)33-29(35)22-17-16-20-10-7-8-11-21(20)18-22/h7-13,16-19,26H,3-6,14-15H2,1-2H3,(H,33,35)(H,34,36). The van der Waals surface area contributed by atoms with E-state index in [1.165, 1.54) is 35.1 Å². The first-order chi connectivity index (χ1) is 19.5. The second-order valence-electron chi connectivity index (χ2n) is 9.81. The summed E-state index contributed by atoms with van der Waals surface area (Å²) in [4.78, 5) is 41.1. The van der Waals surface area contributed by atoms with E-state index >= 15 is 0 Å². The zero-order valence-corrected chi connectivity index (χ0v) is 24.3. The maximum atomic E-state index is 13.4. The average Bonchev–Trinajstić information content (AvgIpc) is 3.14. The van der Waals surface area contributed by atoms with Gasteiger partial charge in [-0.2, -0.15) is 0 Å². The smallest absolute Gasteiger partial charge is 0.341 e. The molecule has 1 aliphatic carbocycles. The largest absolute Gasteiger partial charge is 0.465 e. The number of nitrogens with one attached hydrogen (secondary N) is 2. The highest BCUT2D eigenvalue weighted by Gasteiger charge is 2.28. The van der Waals surface area contributed by atoms with Crippen LogP contribution in [0.3, 0.4) is 0 Å². The highest BCUT2D eigenvalue weighted by atomic mass is 32.2. The molecule has 8 heteroatoms. The Kier molecular flexibility index (Phi) is 8.87. The van der Waals surface area contributed by atoms with Crippen molar-refractivity contribution in [1.29, 1.82) is 0 Å². The van der Waals surface area contributed by atoms with Gasteiger partial charge in [0.05, 0.1) is 17.9 Å². The summed E-state index contributed by atoms with van der Waals surface area (Å²) < 4.78 is 5.08. The lowest BCUT2D eigenvalue weighted by Gasteiger charge is -2.16. The van der Waals surface area contributed by atoms with Crippen LogP contribution < -0.4 is 10.6 Å². The van der Waals surface area contributed by atoms with Crippen molar-refractivity contribution in [3.63, 3.8) is 0 Å². The normalized spacial score (nSPS) is 13.7. The van der Waals surface area contributed by atoms with Crippen molar-refractivity contribution in [2.45, 2.75) is 55.6 Å². The molecule has 2 N–H and O–H groups in total. The fraction of sp³-hybridized carbons (Fsp3) is 0.281. The minimum atomic E-state index is -0.398. The van der Waals surface area contributed by atoms with Crippen LogP contribution in [0.2, 0.25) is 0 Å². The van der Waals surface area contributed by atoms with Gasteiger partial charge in [-0.1, -0.05) is 49.7 Å². The van der Waals surface area contributed by atoms with Crippen molar-refractivity contribution in [2.24, 2.45) is 0 Å². The summed E-state index contributed by atoms with van der Waals surface area (Å²) in [6.45, 7) is 1.97. The summed E-state index contributed by atoms with van der Waals surface area (Å²) in [5.41, 5.74) is 2.78. The number of fused-ring (bicyclic) bond motifs is 2. The van der Waals surface area contributed by atoms with Gasteiger partial charge in [0, 0.05) is 21.0 Å². The molecule has 2 amide bonds. The van der Waals surface area contributed by atoms with Gasteiger partial charge in [-0.05, 0) is 78.8 Å². The van der Waals surface area contributed by atoms with Gasteiger partial charge in [0.15, 0.2) is 0 Å². The van der Waals surface area contributed by atoms with Gasteiger partial charge in [-0.25, -0.2) is 4.79 Å². The summed E-state index contributed by atoms with van der Waals surface area (Å²) in [6.07, 6.45) is 5.60. The minimum absolute atomic E-state index is 0.153. The summed E-state index contributed by atoms with van der Waals surface area (Å²) in [5.74, 6) is -0.740. The molecule has 5 rings (SSSR count). The number of hydrogen-bond donors (Lipinski definition) is 2. The third-order valence-electron chi connectivity index (χ3n) is 7.09. The lowest BCUT2D eigenvalue weighted by molar-refractivity contribution is -0.115. The maximum Gasteiger partial charge on any atom is 0.341 e. The minimum Gasteiger partial charge on any atom is -0.465 e. The summed E-state index contributed by atoms with van der Waals surface area (Å²) in [6, 6.07) is 21.1. The predicted molar refractivity (Wildman–Crippen MR) is 164 cm³/mol. The molecule has 0 saturated heterocycles. The van der Waals surface area contributed by atoms with Gasteiger partial charge < -0.3 is 15.4 Å². The monoisotopic (exact) mass is 572 g/mol. The molecule has 0 radical (unpaired) electrons. The Hall–Kier alpha value is -3.62. The van der Waals surface area contributed by atoms with Crippen LogP contribution in [0.1, 0.15) is 63.8 Å². The van der Waals surface area contributed by atoms with Crippen molar-refractivity contribution >= 4 is 62.3 Å². The number of amides is 2. The molecule has 1 unspecified atom stereocenters. The SMILES string of the molecule is CCC(Sc1cccc(NC(=O)c2ccc3ccccc3c2)c1)C(=O)Nc1sc2c(c1C(=O)OC)CCCCC2. The molecule has 6 nitrogen and oxygen atoms in total. The van der Waals surface area contributed by atoms with Gasteiger partial charge in [0.2, 0.25) is 5.91 Å². The number of benzene rings is 3. The molecule has 1 aliphatic rings. The van der Waals surface area contributed by atoms with Crippen LogP contribution in [-0.4, -0.2) is 30.1 Å². The molecule has 0 spiro atoms. The van der Waals surface area contributed by atoms with Crippen LogP contribution in [0.15, 0.2) is 71.6 Å². The second-order valence-corrected chi connectivity index (χ2v) is 12.2. The Morgan fingerprint density at radius 1 is 0.925 bits per heavy atom. The maximum absolute atomic E-state index is 13.4.